The monoisotopic (exact) mass is 338 g/mol. The van der Waals surface area contributed by atoms with Gasteiger partial charge in [0.15, 0.2) is 0 Å². The molecule has 1 aromatic heterocycles. The van der Waals surface area contributed by atoms with Gasteiger partial charge in [0.1, 0.15) is 0 Å². The fourth-order valence-corrected chi connectivity index (χ4v) is 3.87. The number of hydrogen-bond donors (Lipinski definition) is 1. The van der Waals surface area contributed by atoms with Crippen molar-refractivity contribution in [3.05, 3.63) is 66.0 Å². The van der Waals surface area contributed by atoms with Gasteiger partial charge in [-0.05, 0) is 61.9 Å². The summed E-state index contributed by atoms with van der Waals surface area (Å²) in [5.74, 6) is -0.639. The minimum atomic E-state index is -0.639. The Kier molecular flexibility index (Phi) is 5.82. The number of aryl methyl sites for hydroxylation is 1. The lowest BCUT2D eigenvalue weighted by Crippen LogP contribution is -2.47. The fraction of sp³-hybridized carbons (Fsp3) is 0.429. The average molecular weight is 338 g/mol. The number of carbonyl (C=O) groups is 1. The first-order valence-electron chi connectivity index (χ1n) is 9.07. The van der Waals surface area contributed by atoms with Crippen LogP contribution in [0.25, 0.3) is 0 Å². The Morgan fingerprint density at radius 3 is 2.60 bits per heavy atom. The number of benzene rings is 1. The highest BCUT2D eigenvalue weighted by atomic mass is 16.4. The van der Waals surface area contributed by atoms with E-state index in [1.54, 1.807) is 12.4 Å². The summed E-state index contributed by atoms with van der Waals surface area (Å²) in [6.45, 7) is 2.41. The van der Waals surface area contributed by atoms with E-state index in [9.17, 15) is 9.90 Å². The highest BCUT2D eigenvalue weighted by molar-refractivity contribution is 5.75. The van der Waals surface area contributed by atoms with Crippen LogP contribution in [-0.4, -0.2) is 34.0 Å². The second-order valence-electron chi connectivity index (χ2n) is 7.09. The van der Waals surface area contributed by atoms with Crippen molar-refractivity contribution >= 4 is 5.97 Å². The van der Waals surface area contributed by atoms with E-state index in [0.717, 1.165) is 45.2 Å². The molecule has 1 saturated heterocycles. The molecule has 1 aliphatic rings. The SMILES string of the molecule is O=C(O)[C@@]1(CCCc2ccccc2)CCCN(Cc2ccncc2)C1. The molecule has 0 amide bonds. The molecule has 132 valence electrons. The Morgan fingerprint density at radius 2 is 1.88 bits per heavy atom. The van der Waals surface area contributed by atoms with Gasteiger partial charge in [0.05, 0.1) is 5.41 Å². The number of rotatable bonds is 7. The van der Waals surface area contributed by atoms with E-state index < -0.39 is 11.4 Å². The van der Waals surface area contributed by atoms with Crippen LogP contribution in [0.3, 0.4) is 0 Å². The fourth-order valence-electron chi connectivity index (χ4n) is 3.87. The highest BCUT2D eigenvalue weighted by Gasteiger charge is 2.41. The van der Waals surface area contributed by atoms with Gasteiger partial charge in [-0.3, -0.25) is 14.7 Å². The van der Waals surface area contributed by atoms with E-state index in [-0.39, 0.29) is 0 Å². The van der Waals surface area contributed by atoms with Crippen LogP contribution in [0.1, 0.15) is 36.8 Å². The molecule has 1 aliphatic heterocycles. The summed E-state index contributed by atoms with van der Waals surface area (Å²) in [5, 5.41) is 9.93. The van der Waals surface area contributed by atoms with Crippen LogP contribution in [0.5, 0.6) is 0 Å². The molecule has 0 aliphatic carbocycles. The van der Waals surface area contributed by atoms with Crippen molar-refractivity contribution in [1.82, 2.24) is 9.88 Å². The molecule has 2 aromatic rings. The predicted molar refractivity (Wildman–Crippen MR) is 98.2 cm³/mol. The standard InChI is InChI=1S/C21H26N2O2/c24-20(25)21(11-4-8-18-6-2-1-3-7-18)12-5-15-23(17-21)16-19-9-13-22-14-10-19/h1-3,6-7,9-10,13-14H,4-5,8,11-12,15-17H2,(H,24,25)/t21-/m0/s1. The molecule has 0 saturated carbocycles. The van der Waals surface area contributed by atoms with Crippen LogP contribution in [0.4, 0.5) is 0 Å². The summed E-state index contributed by atoms with van der Waals surface area (Å²) >= 11 is 0. The van der Waals surface area contributed by atoms with Gasteiger partial charge in [-0.2, -0.15) is 0 Å². The van der Waals surface area contributed by atoms with Crippen LogP contribution < -0.4 is 0 Å². The van der Waals surface area contributed by atoms with E-state index in [4.69, 9.17) is 0 Å². The van der Waals surface area contributed by atoms with Gasteiger partial charge in [-0.1, -0.05) is 30.3 Å². The summed E-state index contributed by atoms with van der Waals surface area (Å²) in [4.78, 5) is 18.4. The maximum absolute atomic E-state index is 12.1. The highest BCUT2D eigenvalue weighted by Crippen LogP contribution is 2.36. The molecule has 3 rings (SSSR count). The molecule has 1 atom stereocenters. The Morgan fingerprint density at radius 1 is 1.12 bits per heavy atom. The van der Waals surface area contributed by atoms with Crippen LogP contribution >= 0.6 is 0 Å². The van der Waals surface area contributed by atoms with Crippen molar-refractivity contribution in [1.29, 1.82) is 0 Å². The summed E-state index contributed by atoms with van der Waals surface area (Å²) in [6.07, 6.45) is 7.92. The minimum Gasteiger partial charge on any atom is -0.481 e. The molecular weight excluding hydrogens is 312 g/mol. The first kappa shape index (κ1) is 17.6. The van der Waals surface area contributed by atoms with Crippen molar-refractivity contribution in [2.24, 2.45) is 5.41 Å². The van der Waals surface area contributed by atoms with Crippen LogP contribution in [0.15, 0.2) is 54.9 Å². The molecular formula is C21H26N2O2. The quantitative estimate of drug-likeness (QED) is 0.835. The summed E-state index contributed by atoms with van der Waals surface area (Å²) < 4.78 is 0. The maximum Gasteiger partial charge on any atom is 0.310 e. The summed E-state index contributed by atoms with van der Waals surface area (Å²) in [6, 6.07) is 14.3. The minimum absolute atomic E-state index is 0.611. The molecule has 1 fully saturated rings. The normalized spacial score (nSPS) is 21.1. The third-order valence-electron chi connectivity index (χ3n) is 5.23. The molecule has 4 nitrogen and oxygen atoms in total. The Balaban J connectivity index is 1.61. The lowest BCUT2D eigenvalue weighted by atomic mass is 9.75. The summed E-state index contributed by atoms with van der Waals surface area (Å²) in [7, 11) is 0. The number of pyridine rings is 1. The van der Waals surface area contributed by atoms with Crippen molar-refractivity contribution in [3.63, 3.8) is 0 Å². The van der Waals surface area contributed by atoms with Crippen molar-refractivity contribution < 1.29 is 9.90 Å². The number of likely N-dealkylation sites (tertiary alicyclic amines) is 1. The molecule has 25 heavy (non-hydrogen) atoms. The van der Waals surface area contributed by atoms with Gasteiger partial charge in [0.2, 0.25) is 0 Å². The molecule has 0 bridgehead atoms. The van der Waals surface area contributed by atoms with Gasteiger partial charge in [-0.15, -0.1) is 0 Å². The molecule has 2 heterocycles. The number of nitrogens with zero attached hydrogens (tertiary/aromatic N) is 2. The van der Waals surface area contributed by atoms with Gasteiger partial charge in [0.25, 0.3) is 0 Å². The molecule has 1 aromatic carbocycles. The van der Waals surface area contributed by atoms with E-state index in [2.05, 4.69) is 22.0 Å². The largest absolute Gasteiger partial charge is 0.481 e. The molecule has 0 radical (unpaired) electrons. The first-order valence-corrected chi connectivity index (χ1v) is 9.07. The van der Waals surface area contributed by atoms with E-state index >= 15 is 0 Å². The zero-order chi connectivity index (χ0) is 17.5. The van der Waals surface area contributed by atoms with Gasteiger partial charge in [-0.25, -0.2) is 0 Å². The Hall–Kier alpha value is -2.20. The van der Waals surface area contributed by atoms with E-state index in [1.807, 2.05) is 30.3 Å². The van der Waals surface area contributed by atoms with Gasteiger partial charge < -0.3 is 5.11 Å². The zero-order valence-electron chi connectivity index (χ0n) is 14.6. The third-order valence-corrected chi connectivity index (χ3v) is 5.23. The number of hydrogen-bond acceptors (Lipinski definition) is 3. The van der Waals surface area contributed by atoms with Gasteiger partial charge in [0, 0.05) is 25.5 Å². The van der Waals surface area contributed by atoms with Crippen molar-refractivity contribution in [2.45, 2.75) is 38.6 Å². The van der Waals surface area contributed by atoms with Crippen LogP contribution in [0, 0.1) is 5.41 Å². The van der Waals surface area contributed by atoms with Crippen LogP contribution in [0.2, 0.25) is 0 Å². The second kappa shape index (κ2) is 8.26. The number of aromatic nitrogens is 1. The molecule has 0 unspecified atom stereocenters. The third kappa shape index (κ3) is 4.67. The van der Waals surface area contributed by atoms with Crippen molar-refractivity contribution in [3.8, 4) is 0 Å². The Bertz CT molecular complexity index is 675. The number of piperidine rings is 1. The zero-order valence-corrected chi connectivity index (χ0v) is 14.6. The predicted octanol–water partition coefficient (Wildman–Crippen LogP) is 3.77. The maximum atomic E-state index is 12.1. The number of carboxylic acids is 1. The second-order valence-corrected chi connectivity index (χ2v) is 7.09. The number of aliphatic carboxylic acids is 1. The molecule has 1 N–H and O–H groups in total. The Labute approximate surface area is 149 Å². The average Bonchev–Trinajstić information content (AvgIpc) is 2.64. The smallest absolute Gasteiger partial charge is 0.310 e. The van der Waals surface area contributed by atoms with E-state index in [1.165, 1.54) is 11.1 Å². The lowest BCUT2D eigenvalue weighted by Gasteiger charge is -2.40. The first-order chi connectivity index (χ1) is 12.2. The number of carboxylic acid groups (broad SMARTS) is 1. The van der Waals surface area contributed by atoms with E-state index in [0.29, 0.717) is 6.54 Å². The van der Waals surface area contributed by atoms with Crippen LogP contribution in [-0.2, 0) is 17.8 Å². The molecule has 0 spiro atoms. The lowest BCUT2D eigenvalue weighted by molar-refractivity contribution is -0.153. The summed E-state index contributed by atoms with van der Waals surface area (Å²) in [5.41, 5.74) is 1.87. The van der Waals surface area contributed by atoms with Gasteiger partial charge >= 0.3 is 5.97 Å². The van der Waals surface area contributed by atoms with Crippen molar-refractivity contribution in [2.75, 3.05) is 13.1 Å². The topological polar surface area (TPSA) is 53.4 Å². The molecule has 4 heteroatoms.